The summed E-state index contributed by atoms with van der Waals surface area (Å²) in [6.07, 6.45) is -1.48. The zero-order valence-corrected chi connectivity index (χ0v) is 10.7. The molecule has 1 unspecified atom stereocenters. The number of hydrogen-bond donors (Lipinski definition) is 1. The lowest BCUT2D eigenvalue weighted by molar-refractivity contribution is 0.168. The molecule has 0 heterocycles. The predicted molar refractivity (Wildman–Crippen MR) is 68.0 cm³/mol. The fourth-order valence-corrected chi connectivity index (χ4v) is 1.99. The van der Waals surface area contributed by atoms with Gasteiger partial charge in [-0.1, -0.05) is 12.1 Å². The summed E-state index contributed by atoms with van der Waals surface area (Å²) in [6.45, 7) is 0. The molecule has 0 aromatic heterocycles. The number of methoxy groups -OCH3 is 1. The zero-order chi connectivity index (χ0) is 14.7. The third kappa shape index (κ3) is 2.93. The van der Waals surface area contributed by atoms with E-state index in [9.17, 15) is 18.3 Å². The first-order valence-electron chi connectivity index (χ1n) is 5.97. The van der Waals surface area contributed by atoms with E-state index < -0.39 is 29.1 Å². The van der Waals surface area contributed by atoms with Crippen molar-refractivity contribution in [3.63, 3.8) is 0 Å². The lowest BCUT2D eigenvalue weighted by Gasteiger charge is -2.13. The summed E-state index contributed by atoms with van der Waals surface area (Å²) in [7, 11) is 1.33. The van der Waals surface area contributed by atoms with Gasteiger partial charge in [0.1, 0.15) is 11.6 Å². The van der Waals surface area contributed by atoms with Gasteiger partial charge < -0.3 is 9.84 Å². The maximum absolute atomic E-state index is 13.5. The van der Waals surface area contributed by atoms with Gasteiger partial charge in [-0.3, -0.25) is 0 Å². The molecule has 0 amide bonds. The third-order valence-electron chi connectivity index (χ3n) is 2.98. The van der Waals surface area contributed by atoms with Gasteiger partial charge in [-0.25, -0.2) is 13.2 Å². The van der Waals surface area contributed by atoms with Gasteiger partial charge in [0.05, 0.1) is 18.8 Å². The van der Waals surface area contributed by atoms with Crippen LogP contribution in [0.2, 0.25) is 0 Å². The Morgan fingerprint density at radius 2 is 1.70 bits per heavy atom. The van der Waals surface area contributed by atoms with Crippen LogP contribution in [-0.2, 0) is 6.42 Å². The standard InChI is InChI=1S/C15H13F3O2/c1-20-14-6-5-9(7-12(14)18)8-13(19)15-10(16)3-2-4-11(15)17/h2-7,13,19H,8H2,1H3. The van der Waals surface area contributed by atoms with E-state index in [0.717, 1.165) is 12.1 Å². The van der Waals surface area contributed by atoms with Crippen LogP contribution in [0.5, 0.6) is 5.75 Å². The first-order chi connectivity index (χ1) is 9.52. The van der Waals surface area contributed by atoms with Gasteiger partial charge in [-0.05, 0) is 29.8 Å². The van der Waals surface area contributed by atoms with Gasteiger partial charge in [0.25, 0.3) is 0 Å². The van der Waals surface area contributed by atoms with Gasteiger partial charge in [0, 0.05) is 6.42 Å². The Labute approximate surface area is 114 Å². The van der Waals surface area contributed by atoms with E-state index >= 15 is 0 Å². The number of aliphatic hydroxyl groups is 1. The molecule has 0 aliphatic heterocycles. The molecule has 2 rings (SSSR count). The maximum Gasteiger partial charge on any atom is 0.165 e. The van der Waals surface area contributed by atoms with Gasteiger partial charge in [0.15, 0.2) is 11.6 Å². The van der Waals surface area contributed by atoms with Gasteiger partial charge in [-0.2, -0.15) is 0 Å². The van der Waals surface area contributed by atoms with E-state index in [0.29, 0.717) is 5.56 Å². The van der Waals surface area contributed by atoms with Crippen LogP contribution < -0.4 is 4.74 Å². The van der Waals surface area contributed by atoms with Crippen molar-refractivity contribution in [3.05, 3.63) is 65.0 Å². The molecule has 0 saturated carbocycles. The minimum Gasteiger partial charge on any atom is -0.494 e. The van der Waals surface area contributed by atoms with Crippen LogP contribution in [0.4, 0.5) is 13.2 Å². The van der Waals surface area contributed by atoms with Crippen molar-refractivity contribution in [1.82, 2.24) is 0 Å². The minimum absolute atomic E-state index is 0.0697. The zero-order valence-electron chi connectivity index (χ0n) is 10.7. The highest BCUT2D eigenvalue weighted by molar-refractivity contribution is 5.31. The Morgan fingerprint density at radius 1 is 1.05 bits per heavy atom. The van der Waals surface area contributed by atoms with Gasteiger partial charge in [-0.15, -0.1) is 0 Å². The molecule has 0 radical (unpaired) electrons. The van der Waals surface area contributed by atoms with Crippen molar-refractivity contribution in [2.24, 2.45) is 0 Å². The molecule has 0 spiro atoms. The molecule has 106 valence electrons. The van der Waals surface area contributed by atoms with Crippen molar-refractivity contribution in [2.75, 3.05) is 7.11 Å². The summed E-state index contributed by atoms with van der Waals surface area (Å²) in [5.74, 6) is -2.18. The van der Waals surface area contributed by atoms with Crippen LogP contribution in [0.25, 0.3) is 0 Å². The minimum atomic E-state index is -1.39. The van der Waals surface area contributed by atoms with E-state index in [-0.39, 0.29) is 12.2 Å². The molecule has 0 aliphatic carbocycles. The summed E-state index contributed by atoms with van der Waals surface area (Å²) < 4.78 is 45.3. The predicted octanol–water partition coefficient (Wildman–Crippen LogP) is 3.39. The largest absolute Gasteiger partial charge is 0.494 e. The molecule has 2 nitrogen and oxygen atoms in total. The number of hydrogen-bond acceptors (Lipinski definition) is 2. The fourth-order valence-electron chi connectivity index (χ4n) is 1.99. The van der Waals surface area contributed by atoms with Crippen molar-refractivity contribution < 1.29 is 23.0 Å². The lowest BCUT2D eigenvalue weighted by Crippen LogP contribution is -2.07. The monoisotopic (exact) mass is 282 g/mol. The van der Waals surface area contributed by atoms with Crippen LogP contribution >= 0.6 is 0 Å². The third-order valence-corrected chi connectivity index (χ3v) is 2.98. The molecular formula is C15H13F3O2. The highest BCUT2D eigenvalue weighted by Gasteiger charge is 2.18. The molecule has 0 aliphatic rings. The normalized spacial score (nSPS) is 12.2. The van der Waals surface area contributed by atoms with E-state index in [1.54, 1.807) is 0 Å². The van der Waals surface area contributed by atoms with Gasteiger partial charge in [0.2, 0.25) is 0 Å². The van der Waals surface area contributed by atoms with Crippen molar-refractivity contribution in [3.8, 4) is 5.75 Å². The van der Waals surface area contributed by atoms with Gasteiger partial charge >= 0.3 is 0 Å². The number of aliphatic hydroxyl groups excluding tert-OH is 1. The van der Waals surface area contributed by atoms with Crippen LogP contribution in [0.3, 0.4) is 0 Å². The number of ether oxygens (including phenoxy) is 1. The van der Waals surface area contributed by atoms with Crippen molar-refractivity contribution in [2.45, 2.75) is 12.5 Å². The Hall–Kier alpha value is -2.01. The lowest BCUT2D eigenvalue weighted by atomic mass is 10.0. The summed E-state index contributed by atoms with van der Waals surface area (Å²) in [5.41, 5.74) is 0.00202. The summed E-state index contributed by atoms with van der Waals surface area (Å²) in [4.78, 5) is 0. The molecule has 1 atom stereocenters. The van der Waals surface area contributed by atoms with E-state index in [2.05, 4.69) is 0 Å². The summed E-state index contributed by atoms with van der Waals surface area (Å²) in [5, 5.41) is 9.92. The van der Waals surface area contributed by atoms with Crippen LogP contribution in [0.15, 0.2) is 36.4 Å². The van der Waals surface area contributed by atoms with E-state index in [1.165, 1.54) is 31.4 Å². The first-order valence-corrected chi connectivity index (χ1v) is 5.97. The second-order valence-electron chi connectivity index (χ2n) is 4.32. The second kappa shape index (κ2) is 5.96. The Balaban J connectivity index is 2.23. The van der Waals surface area contributed by atoms with E-state index in [1.807, 2.05) is 0 Å². The average molecular weight is 282 g/mol. The average Bonchev–Trinajstić information content (AvgIpc) is 2.38. The molecule has 0 bridgehead atoms. The van der Waals surface area contributed by atoms with Crippen molar-refractivity contribution >= 4 is 0 Å². The smallest absolute Gasteiger partial charge is 0.165 e. The Bertz CT molecular complexity index is 594. The SMILES string of the molecule is COc1ccc(CC(O)c2c(F)cccc2F)cc1F. The second-order valence-corrected chi connectivity index (χ2v) is 4.32. The quantitative estimate of drug-likeness (QED) is 0.931. The first kappa shape index (κ1) is 14.4. The molecule has 0 saturated heterocycles. The van der Waals surface area contributed by atoms with E-state index in [4.69, 9.17) is 4.74 Å². The number of halogens is 3. The maximum atomic E-state index is 13.5. The molecule has 2 aromatic rings. The number of rotatable bonds is 4. The Kier molecular flexibility index (Phi) is 4.29. The molecule has 5 heteroatoms. The Morgan fingerprint density at radius 3 is 2.25 bits per heavy atom. The highest BCUT2D eigenvalue weighted by atomic mass is 19.1. The molecule has 20 heavy (non-hydrogen) atoms. The summed E-state index contributed by atoms with van der Waals surface area (Å²) in [6, 6.07) is 7.44. The fraction of sp³-hybridized carbons (Fsp3) is 0.200. The van der Waals surface area contributed by atoms with Crippen LogP contribution in [0.1, 0.15) is 17.2 Å². The molecular weight excluding hydrogens is 269 g/mol. The van der Waals surface area contributed by atoms with Crippen LogP contribution in [-0.4, -0.2) is 12.2 Å². The topological polar surface area (TPSA) is 29.5 Å². The number of benzene rings is 2. The van der Waals surface area contributed by atoms with Crippen LogP contribution in [0, 0.1) is 17.5 Å². The molecule has 1 N–H and O–H groups in total. The van der Waals surface area contributed by atoms with Crippen molar-refractivity contribution in [1.29, 1.82) is 0 Å². The molecule has 0 fully saturated rings. The molecule has 2 aromatic carbocycles. The summed E-state index contributed by atoms with van der Waals surface area (Å²) >= 11 is 0. The highest BCUT2D eigenvalue weighted by Crippen LogP contribution is 2.26.